The van der Waals surface area contributed by atoms with Gasteiger partial charge in [0.05, 0.1) is 8.07 Å². The van der Waals surface area contributed by atoms with E-state index in [1.54, 1.807) is 0 Å². The van der Waals surface area contributed by atoms with Crippen molar-refractivity contribution in [2.75, 3.05) is 5.09 Å². The first-order chi connectivity index (χ1) is 16.8. The number of benzene rings is 5. The van der Waals surface area contributed by atoms with Gasteiger partial charge in [-0.05, 0) is 16.7 Å². The van der Waals surface area contributed by atoms with Crippen LogP contribution in [0.2, 0.25) is 0 Å². The zero-order valence-corrected chi connectivity index (χ0v) is 21.3. The number of para-hydroxylation sites is 1. The van der Waals surface area contributed by atoms with E-state index in [1.165, 1.54) is 26.5 Å². The third kappa shape index (κ3) is 4.63. The van der Waals surface area contributed by atoms with Crippen LogP contribution in [0.3, 0.4) is 0 Å². The summed E-state index contributed by atoms with van der Waals surface area (Å²) < 4.78 is 0. The predicted octanol–water partition coefficient (Wildman–Crippen LogP) is 5.90. The fraction of sp³-hybridized carbons (Fsp3) is 0. The molecule has 0 unspecified atom stereocenters. The molecule has 34 heavy (non-hydrogen) atoms. The van der Waals surface area contributed by atoms with E-state index in [0.29, 0.717) is 0 Å². The lowest BCUT2D eigenvalue weighted by molar-refractivity contribution is 1.70. The summed E-state index contributed by atoms with van der Waals surface area (Å²) in [7, 11) is -0.807. The summed E-state index contributed by atoms with van der Waals surface area (Å²) in [6.45, 7) is 0. The second-order valence-corrected chi connectivity index (χ2v) is 14.2. The molecule has 0 spiro atoms. The summed E-state index contributed by atoms with van der Waals surface area (Å²) in [4.78, 5) is 0. The van der Waals surface area contributed by atoms with E-state index in [1.807, 2.05) is 0 Å². The smallest absolute Gasteiger partial charge is 0.0523 e. The Morgan fingerprint density at radius 3 is 1.32 bits per heavy atom. The van der Waals surface area contributed by atoms with E-state index in [0.717, 1.165) is 5.69 Å². The molecule has 0 radical (unpaired) electrons. The van der Waals surface area contributed by atoms with Crippen LogP contribution < -0.4 is 31.6 Å². The van der Waals surface area contributed by atoms with Crippen molar-refractivity contribution in [1.82, 2.24) is 0 Å². The molecule has 0 aliphatic rings. The molecule has 0 bridgehead atoms. The summed E-state index contributed by atoms with van der Waals surface area (Å²) >= 11 is 6.65. The highest BCUT2D eigenvalue weighted by molar-refractivity contribution is 8.25. The summed E-state index contributed by atoms with van der Waals surface area (Å²) in [5.74, 6) is 0. The molecule has 0 saturated heterocycles. The van der Waals surface area contributed by atoms with Crippen molar-refractivity contribution in [3.8, 4) is 0 Å². The number of hydrogen-bond donors (Lipinski definition) is 1. The topological polar surface area (TPSA) is 12.0 Å². The van der Waals surface area contributed by atoms with Crippen molar-refractivity contribution < 1.29 is 0 Å². The predicted molar refractivity (Wildman–Crippen MR) is 155 cm³/mol. The number of rotatable bonds is 7. The molecule has 5 aromatic rings. The lowest BCUT2D eigenvalue weighted by Crippen LogP contribution is -2.27. The van der Waals surface area contributed by atoms with Gasteiger partial charge in [-0.2, -0.15) is 0 Å². The van der Waals surface area contributed by atoms with Crippen LogP contribution in [0, 0.1) is 0 Å². The lowest BCUT2D eigenvalue weighted by Gasteiger charge is -2.29. The van der Waals surface area contributed by atoms with Gasteiger partial charge in [0.15, 0.2) is 0 Å². The summed E-state index contributed by atoms with van der Waals surface area (Å²) in [5.41, 5.74) is 1.11. The number of hydrogen-bond acceptors (Lipinski definition) is 2. The van der Waals surface area contributed by atoms with Crippen molar-refractivity contribution in [3.05, 3.63) is 146 Å². The van der Waals surface area contributed by atoms with Crippen LogP contribution in [0.25, 0.3) is 0 Å². The van der Waals surface area contributed by atoms with Crippen LogP contribution in [0.15, 0.2) is 146 Å². The SMILES string of the molecule is S=P(c1ccccc1)(c1ccccc1)c1ccccc1NP(c1ccccc1)c1ccccc1. The molecule has 1 N–H and O–H groups in total. The molecule has 0 atom stereocenters. The molecule has 0 heterocycles. The second-order valence-electron chi connectivity index (χ2n) is 7.92. The Labute approximate surface area is 208 Å². The maximum absolute atomic E-state index is 6.65. The van der Waals surface area contributed by atoms with Crippen LogP contribution in [0.5, 0.6) is 0 Å². The quantitative estimate of drug-likeness (QED) is 0.283. The molecule has 0 saturated carbocycles. The van der Waals surface area contributed by atoms with E-state index in [9.17, 15) is 0 Å². The zero-order chi connectivity index (χ0) is 23.2. The highest BCUT2D eigenvalue weighted by atomic mass is 32.4. The molecule has 0 fully saturated rings. The van der Waals surface area contributed by atoms with Gasteiger partial charge in [-0.25, -0.2) is 0 Å². The van der Waals surface area contributed by atoms with E-state index >= 15 is 0 Å². The highest BCUT2D eigenvalue weighted by Gasteiger charge is 2.28. The summed E-state index contributed by atoms with van der Waals surface area (Å²) in [6, 6.07) is 49.0. The Balaban J connectivity index is 1.67. The Kier molecular flexibility index (Phi) is 7.02. The first kappa shape index (κ1) is 22.8. The van der Waals surface area contributed by atoms with Gasteiger partial charge in [0.1, 0.15) is 0 Å². The van der Waals surface area contributed by atoms with Gasteiger partial charge in [-0.15, -0.1) is 0 Å². The molecule has 4 heteroatoms. The van der Waals surface area contributed by atoms with Crippen LogP contribution in [-0.2, 0) is 11.8 Å². The first-order valence-electron chi connectivity index (χ1n) is 11.2. The van der Waals surface area contributed by atoms with E-state index in [-0.39, 0.29) is 0 Å². The second kappa shape index (κ2) is 10.5. The Morgan fingerprint density at radius 1 is 0.471 bits per heavy atom. The lowest BCUT2D eigenvalue weighted by atomic mass is 10.3. The maximum Gasteiger partial charge on any atom is 0.0523 e. The molecule has 0 aliphatic carbocycles. The van der Waals surface area contributed by atoms with E-state index in [4.69, 9.17) is 11.8 Å². The molecule has 0 amide bonds. The molecule has 166 valence electrons. The minimum atomic E-state index is -2.27. The van der Waals surface area contributed by atoms with Crippen molar-refractivity contribution in [2.45, 2.75) is 0 Å². The van der Waals surface area contributed by atoms with Crippen molar-refractivity contribution in [3.63, 3.8) is 0 Å². The highest BCUT2D eigenvalue weighted by Crippen LogP contribution is 2.46. The first-order valence-corrected chi connectivity index (χ1v) is 15.4. The minimum absolute atomic E-state index is 0.807. The average molecular weight is 494 g/mol. The van der Waals surface area contributed by atoms with Gasteiger partial charge >= 0.3 is 0 Å². The third-order valence-corrected chi connectivity index (χ3v) is 12.8. The van der Waals surface area contributed by atoms with Crippen LogP contribution in [0.4, 0.5) is 5.69 Å². The van der Waals surface area contributed by atoms with Gasteiger partial charge in [0.25, 0.3) is 0 Å². The Hall–Kier alpha value is -3.02. The van der Waals surface area contributed by atoms with Crippen LogP contribution in [0.1, 0.15) is 0 Å². The van der Waals surface area contributed by atoms with Gasteiger partial charge in [0, 0.05) is 27.6 Å². The fourth-order valence-corrected chi connectivity index (χ4v) is 10.1. The molecule has 0 aromatic heterocycles. The largest absolute Gasteiger partial charge is 0.356 e. The number of anilines is 1. The molecule has 5 rings (SSSR count). The van der Waals surface area contributed by atoms with Crippen LogP contribution >= 0.6 is 14.1 Å². The van der Waals surface area contributed by atoms with E-state index < -0.39 is 14.1 Å². The zero-order valence-electron chi connectivity index (χ0n) is 18.7. The summed E-state index contributed by atoms with van der Waals surface area (Å²) in [6.07, 6.45) is 0. The Morgan fingerprint density at radius 2 is 0.853 bits per heavy atom. The third-order valence-electron chi connectivity index (χ3n) is 5.74. The maximum atomic E-state index is 6.65. The standard InChI is InChI=1S/C30H25NP2S/c34-33(27-19-9-3-10-20-27,28-21-11-4-12-22-28)30-24-14-13-23-29(30)31-32(25-15-5-1-6-16-25)26-17-7-2-8-18-26/h1-24,31H. The van der Waals surface area contributed by atoms with Gasteiger partial charge in [-0.1, -0.05) is 151 Å². The monoisotopic (exact) mass is 493 g/mol. The summed E-state index contributed by atoms with van der Waals surface area (Å²) in [5, 5.41) is 10.1. The Bertz CT molecular complexity index is 1310. The van der Waals surface area contributed by atoms with Gasteiger partial charge in [-0.3, -0.25) is 0 Å². The fourth-order valence-electron chi connectivity index (χ4n) is 4.10. The minimum Gasteiger partial charge on any atom is -0.356 e. The van der Waals surface area contributed by atoms with Crippen molar-refractivity contribution in [1.29, 1.82) is 0 Å². The van der Waals surface area contributed by atoms with Crippen molar-refractivity contribution in [2.24, 2.45) is 0 Å². The van der Waals surface area contributed by atoms with Gasteiger partial charge < -0.3 is 5.09 Å². The number of nitrogens with one attached hydrogen (secondary N) is 1. The normalized spacial score (nSPS) is 11.3. The van der Waals surface area contributed by atoms with E-state index in [2.05, 4.69) is 151 Å². The average Bonchev–Trinajstić information content (AvgIpc) is 2.93. The van der Waals surface area contributed by atoms with Crippen LogP contribution in [-0.4, -0.2) is 0 Å². The molecule has 0 aliphatic heterocycles. The van der Waals surface area contributed by atoms with Crippen molar-refractivity contribution >= 4 is 58.1 Å². The molecular weight excluding hydrogens is 468 g/mol. The van der Waals surface area contributed by atoms with Gasteiger partial charge in [0.2, 0.25) is 0 Å². The molecular formula is C30H25NP2S. The molecule has 1 nitrogen and oxygen atoms in total. The molecule has 5 aromatic carbocycles.